The lowest BCUT2D eigenvalue weighted by Gasteiger charge is -2.38. The van der Waals surface area contributed by atoms with Crippen LogP contribution in [-0.2, 0) is 4.74 Å². The predicted octanol–water partition coefficient (Wildman–Crippen LogP) is 1.43. The van der Waals surface area contributed by atoms with Crippen molar-refractivity contribution in [2.24, 2.45) is 0 Å². The lowest BCUT2D eigenvalue weighted by atomic mass is 10.0. The number of nitrogens with zero attached hydrogens (tertiary/aromatic N) is 2. The second-order valence-corrected chi connectivity index (χ2v) is 5.50. The summed E-state index contributed by atoms with van der Waals surface area (Å²) in [5.41, 5.74) is 1.15. The summed E-state index contributed by atoms with van der Waals surface area (Å²) in [7, 11) is 2.15. The molecule has 2 rings (SSSR count). The average molecular weight is 255 g/mol. The molecule has 1 fully saturated rings. The van der Waals surface area contributed by atoms with Crippen LogP contribution in [0.3, 0.4) is 0 Å². The molecule has 0 aliphatic carbocycles. The van der Waals surface area contributed by atoms with Gasteiger partial charge in [-0.25, -0.2) is 4.98 Å². The van der Waals surface area contributed by atoms with Gasteiger partial charge in [0.15, 0.2) is 0 Å². The van der Waals surface area contributed by atoms with Gasteiger partial charge in [-0.2, -0.15) is 0 Å². The fourth-order valence-electron chi connectivity index (χ4n) is 2.25. The first-order valence-electron chi connectivity index (χ1n) is 6.17. The molecule has 1 aliphatic heterocycles. The summed E-state index contributed by atoms with van der Waals surface area (Å²) in [6.45, 7) is 7.83. The molecule has 17 heavy (non-hydrogen) atoms. The summed E-state index contributed by atoms with van der Waals surface area (Å²) in [5.74, 6) is 0. The van der Waals surface area contributed by atoms with E-state index in [0.717, 1.165) is 36.9 Å². The quantitative estimate of drug-likeness (QED) is 0.883. The summed E-state index contributed by atoms with van der Waals surface area (Å²) in [6.07, 6.45) is 0.204. The van der Waals surface area contributed by atoms with Gasteiger partial charge in [-0.1, -0.05) is 6.92 Å². The van der Waals surface area contributed by atoms with Gasteiger partial charge in [-0.05, 0) is 20.5 Å². The Labute approximate surface area is 107 Å². The Morgan fingerprint density at radius 3 is 3.12 bits per heavy atom. The van der Waals surface area contributed by atoms with Crippen molar-refractivity contribution in [3.8, 4) is 0 Å². The van der Waals surface area contributed by atoms with Gasteiger partial charge in [0, 0.05) is 18.5 Å². The molecule has 2 heterocycles. The van der Waals surface area contributed by atoms with E-state index in [9.17, 15) is 0 Å². The number of aryl methyl sites for hydroxylation is 1. The van der Waals surface area contributed by atoms with E-state index in [2.05, 4.69) is 41.5 Å². The Bertz CT molecular complexity index is 355. The van der Waals surface area contributed by atoms with Gasteiger partial charge in [0.1, 0.15) is 0 Å². The van der Waals surface area contributed by atoms with Crippen molar-refractivity contribution in [1.29, 1.82) is 0 Å². The molecule has 1 aromatic rings. The van der Waals surface area contributed by atoms with Crippen molar-refractivity contribution in [2.45, 2.75) is 26.0 Å². The molecule has 5 heteroatoms. The van der Waals surface area contributed by atoms with Crippen LogP contribution < -0.4 is 5.32 Å². The summed E-state index contributed by atoms with van der Waals surface area (Å²) in [4.78, 5) is 6.96. The number of hydrogen-bond acceptors (Lipinski definition) is 5. The molecule has 1 saturated heterocycles. The Morgan fingerprint density at radius 2 is 2.47 bits per heavy atom. The molecule has 96 valence electrons. The highest BCUT2D eigenvalue weighted by molar-refractivity contribution is 7.09. The first kappa shape index (κ1) is 13.0. The zero-order valence-electron chi connectivity index (χ0n) is 10.8. The molecule has 2 atom stereocenters. The van der Waals surface area contributed by atoms with Crippen molar-refractivity contribution in [3.05, 3.63) is 16.1 Å². The van der Waals surface area contributed by atoms with Crippen LogP contribution in [0.15, 0.2) is 5.38 Å². The van der Waals surface area contributed by atoms with Crippen molar-refractivity contribution < 1.29 is 4.74 Å². The predicted molar refractivity (Wildman–Crippen MR) is 70.5 cm³/mol. The van der Waals surface area contributed by atoms with Crippen molar-refractivity contribution in [2.75, 3.05) is 33.3 Å². The molecule has 2 unspecified atom stereocenters. The topological polar surface area (TPSA) is 37.4 Å². The monoisotopic (exact) mass is 255 g/mol. The Morgan fingerprint density at radius 1 is 1.65 bits per heavy atom. The highest BCUT2D eigenvalue weighted by Gasteiger charge is 2.32. The number of nitrogens with one attached hydrogen (secondary N) is 1. The SMILES string of the molecule is CCNCC1OCCN(C)C1c1csc(C)n1. The second kappa shape index (κ2) is 5.91. The Hall–Kier alpha value is -0.490. The number of hydrogen-bond donors (Lipinski definition) is 1. The molecular formula is C12H21N3OS. The van der Waals surface area contributed by atoms with Crippen LogP contribution in [0.2, 0.25) is 0 Å². The van der Waals surface area contributed by atoms with E-state index >= 15 is 0 Å². The van der Waals surface area contributed by atoms with Crippen LogP contribution in [0.1, 0.15) is 23.7 Å². The zero-order chi connectivity index (χ0) is 12.3. The molecule has 0 radical (unpaired) electrons. The van der Waals surface area contributed by atoms with E-state index in [4.69, 9.17) is 4.74 Å². The standard InChI is InChI=1S/C12H21N3OS/c1-4-13-7-11-12(15(3)5-6-16-11)10-8-17-9(2)14-10/h8,11-13H,4-7H2,1-3H3. The van der Waals surface area contributed by atoms with E-state index in [1.54, 1.807) is 11.3 Å². The molecule has 4 nitrogen and oxygen atoms in total. The Balaban J connectivity index is 2.12. The minimum Gasteiger partial charge on any atom is -0.374 e. The minimum absolute atomic E-state index is 0.204. The normalized spacial score (nSPS) is 26.3. The van der Waals surface area contributed by atoms with Crippen LogP contribution in [0.5, 0.6) is 0 Å². The number of morpholine rings is 1. The second-order valence-electron chi connectivity index (χ2n) is 4.43. The minimum atomic E-state index is 0.204. The van der Waals surface area contributed by atoms with Gasteiger partial charge in [-0.15, -0.1) is 11.3 Å². The summed E-state index contributed by atoms with van der Waals surface area (Å²) < 4.78 is 5.89. The molecular weight excluding hydrogens is 234 g/mol. The third kappa shape index (κ3) is 3.04. The lowest BCUT2D eigenvalue weighted by Crippen LogP contribution is -2.47. The number of aromatic nitrogens is 1. The fraction of sp³-hybridized carbons (Fsp3) is 0.750. The molecule has 0 spiro atoms. The van der Waals surface area contributed by atoms with Gasteiger partial charge in [0.25, 0.3) is 0 Å². The van der Waals surface area contributed by atoms with Gasteiger partial charge < -0.3 is 10.1 Å². The van der Waals surface area contributed by atoms with Crippen molar-refractivity contribution in [3.63, 3.8) is 0 Å². The number of thiazole rings is 1. The van der Waals surface area contributed by atoms with E-state index in [-0.39, 0.29) is 12.1 Å². The molecule has 0 bridgehead atoms. The first-order chi connectivity index (χ1) is 8.22. The maximum atomic E-state index is 5.89. The van der Waals surface area contributed by atoms with E-state index in [1.807, 2.05) is 0 Å². The largest absolute Gasteiger partial charge is 0.374 e. The third-order valence-electron chi connectivity index (χ3n) is 3.14. The van der Waals surface area contributed by atoms with Crippen molar-refractivity contribution >= 4 is 11.3 Å². The van der Waals surface area contributed by atoms with Crippen LogP contribution in [-0.4, -0.2) is 49.3 Å². The number of ether oxygens (including phenoxy) is 1. The van der Waals surface area contributed by atoms with E-state index in [0.29, 0.717) is 0 Å². The summed E-state index contributed by atoms with van der Waals surface area (Å²) in [5, 5.41) is 6.65. The zero-order valence-corrected chi connectivity index (χ0v) is 11.6. The number of likely N-dealkylation sites (N-methyl/N-ethyl adjacent to an activating group) is 2. The maximum absolute atomic E-state index is 5.89. The Kier molecular flexibility index (Phi) is 4.50. The molecule has 1 N–H and O–H groups in total. The molecule has 1 aromatic heterocycles. The smallest absolute Gasteiger partial charge is 0.0912 e. The van der Waals surface area contributed by atoms with Gasteiger partial charge in [0.05, 0.1) is 29.5 Å². The van der Waals surface area contributed by atoms with Crippen LogP contribution in [0, 0.1) is 6.92 Å². The van der Waals surface area contributed by atoms with E-state index in [1.165, 1.54) is 0 Å². The average Bonchev–Trinajstić information content (AvgIpc) is 2.73. The molecule has 0 aromatic carbocycles. The fourth-order valence-corrected chi connectivity index (χ4v) is 2.89. The highest BCUT2D eigenvalue weighted by Crippen LogP contribution is 2.28. The summed E-state index contributed by atoms with van der Waals surface area (Å²) >= 11 is 1.71. The first-order valence-corrected chi connectivity index (χ1v) is 7.05. The van der Waals surface area contributed by atoms with Gasteiger partial charge in [0.2, 0.25) is 0 Å². The van der Waals surface area contributed by atoms with E-state index < -0.39 is 0 Å². The lowest BCUT2D eigenvalue weighted by molar-refractivity contribution is -0.0623. The maximum Gasteiger partial charge on any atom is 0.0912 e. The molecule has 1 aliphatic rings. The van der Waals surface area contributed by atoms with Crippen LogP contribution in [0.4, 0.5) is 0 Å². The van der Waals surface area contributed by atoms with Crippen molar-refractivity contribution in [1.82, 2.24) is 15.2 Å². The van der Waals surface area contributed by atoms with Gasteiger partial charge in [-0.3, -0.25) is 4.90 Å². The molecule has 0 saturated carbocycles. The molecule has 0 amide bonds. The van der Waals surface area contributed by atoms with Crippen LogP contribution >= 0.6 is 11.3 Å². The summed E-state index contributed by atoms with van der Waals surface area (Å²) in [6, 6.07) is 0.285. The number of rotatable bonds is 4. The van der Waals surface area contributed by atoms with Gasteiger partial charge >= 0.3 is 0 Å². The highest BCUT2D eigenvalue weighted by atomic mass is 32.1. The third-order valence-corrected chi connectivity index (χ3v) is 3.93. The van der Waals surface area contributed by atoms with Crippen LogP contribution in [0.25, 0.3) is 0 Å².